The molecule has 21 aromatic carbocycles. The highest BCUT2D eigenvalue weighted by atomic mass is 15.0. The number of hydrogen-bond acceptors (Lipinski definition) is 1. The minimum Gasteiger partial charge on any atom is -0.309 e. The summed E-state index contributed by atoms with van der Waals surface area (Å²) in [5.74, 6) is 0. The van der Waals surface area contributed by atoms with Crippen molar-refractivity contribution in [2.75, 3.05) is 0 Å². The summed E-state index contributed by atoms with van der Waals surface area (Å²) < 4.78 is 7.09. The Balaban J connectivity index is 0.000000104. The predicted molar refractivity (Wildman–Crippen MR) is 499 cm³/mol. The summed E-state index contributed by atoms with van der Waals surface area (Å²) in [6.45, 7) is 0. The van der Waals surface area contributed by atoms with Gasteiger partial charge in [-0.3, -0.25) is 4.98 Å². The van der Waals surface area contributed by atoms with Gasteiger partial charge in [-0.2, -0.15) is 0 Å². The number of nitrogens with zero attached hydrogens (tertiary/aromatic N) is 4. The third-order valence-electron chi connectivity index (χ3n) is 24.4. The molecule has 0 spiro atoms. The predicted octanol–water partition coefficient (Wildman–Crippen LogP) is 30.8. The standard InChI is InChI=1S/C42H27N.C36H23N.C35H22N2/c1-2-13-32(14-3-1)43-41-20-9-8-19-38(41)40-27-31(22-24-42(40)43)29-12-10-11-28(25-29)30-21-23-37-35-17-5-4-15-33(35)34-16-6-7-18-36(34)39(37)26-30;1-2-10-26(11-3-1)37-35-17-9-8-16-32(35)33-21-19-25(23-36(33)37)24-18-20-31-29-14-5-4-12-27(29)28-13-6-7-15-30(28)34(31)22-24;1-2-9-28-26(7-1)27-8-3-4-10-29(27)32-21-23(13-15-30(28)32)24-14-16-35-33(22-24)31-11-5-6-12-34(31)37(35)25-17-19-36-20-18-25/h1-27H;1-23H;1-22H. The molecule has 0 aliphatic heterocycles. The van der Waals surface area contributed by atoms with Crippen LogP contribution in [0, 0.1) is 0 Å². The van der Waals surface area contributed by atoms with Gasteiger partial charge in [0.25, 0.3) is 0 Å². The Hall–Kier alpha value is -15.5. The molecule has 4 nitrogen and oxygen atoms in total. The quantitative estimate of drug-likeness (QED) is 0.146. The Morgan fingerprint density at radius 3 is 0.675 bits per heavy atom. The van der Waals surface area contributed by atoms with Crippen molar-refractivity contribution < 1.29 is 0 Å². The molecule has 0 atom stereocenters. The van der Waals surface area contributed by atoms with Gasteiger partial charge >= 0.3 is 0 Å². The van der Waals surface area contributed by atoms with E-state index in [-0.39, 0.29) is 0 Å². The maximum atomic E-state index is 4.22. The average Bonchev–Trinajstić information content (AvgIpc) is 1.18. The highest BCUT2D eigenvalue weighted by Crippen LogP contribution is 2.45. The molecule has 0 unspecified atom stereocenters. The molecule has 25 rings (SSSR count). The number of benzene rings is 21. The van der Waals surface area contributed by atoms with Crippen molar-refractivity contribution in [3.8, 4) is 61.6 Å². The van der Waals surface area contributed by atoms with Crippen molar-refractivity contribution in [3.63, 3.8) is 0 Å². The Morgan fingerprint density at radius 2 is 0.333 bits per heavy atom. The van der Waals surface area contributed by atoms with E-state index < -0.39 is 0 Å². The second-order valence-electron chi connectivity index (χ2n) is 30.8. The first kappa shape index (κ1) is 67.2. The van der Waals surface area contributed by atoms with Crippen molar-refractivity contribution in [2.45, 2.75) is 0 Å². The van der Waals surface area contributed by atoms with Crippen LogP contribution in [0.3, 0.4) is 0 Å². The monoisotopic (exact) mass is 1480 g/mol. The van der Waals surface area contributed by atoms with E-state index in [0.29, 0.717) is 0 Å². The molecular formula is C113H72N4. The Morgan fingerprint density at radius 1 is 0.120 bits per heavy atom. The lowest BCUT2D eigenvalue weighted by Gasteiger charge is -2.13. The van der Waals surface area contributed by atoms with Gasteiger partial charge in [-0.15, -0.1) is 0 Å². The molecule has 0 aliphatic carbocycles. The van der Waals surface area contributed by atoms with Gasteiger partial charge in [0, 0.05) is 61.8 Å². The summed E-state index contributed by atoms with van der Waals surface area (Å²) in [5, 5.41) is 31.1. The van der Waals surface area contributed by atoms with Gasteiger partial charge in [0.05, 0.1) is 33.1 Å². The lowest BCUT2D eigenvalue weighted by Crippen LogP contribution is -1.93. The number of hydrogen-bond donors (Lipinski definition) is 0. The van der Waals surface area contributed by atoms with Crippen LogP contribution in [0.25, 0.3) is 224 Å². The van der Waals surface area contributed by atoms with Gasteiger partial charge in [-0.25, -0.2) is 0 Å². The lowest BCUT2D eigenvalue weighted by molar-refractivity contribution is 1.16. The third kappa shape index (κ3) is 11.2. The van der Waals surface area contributed by atoms with Crippen molar-refractivity contribution >= 4 is 162 Å². The van der Waals surface area contributed by atoms with Gasteiger partial charge in [0.15, 0.2) is 0 Å². The van der Waals surface area contributed by atoms with Crippen LogP contribution >= 0.6 is 0 Å². The zero-order valence-corrected chi connectivity index (χ0v) is 63.9. The van der Waals surface area contributed by atoms with E-state index in [1.165, 1.54) is 218 Å². The molecule has 0 bridgehead atoms. The fourth-order valence-corrected chi connectivity index (χ4v) is 19.1. The zero-order chi connectivity index (χ0) is 77.0. The number of rotatable bonds is 7. The number of aromatic nitrogens is 4. The topological polar surface area (TPSA) is 27.7 Å². The van der Waals surface area contributed by atoms with E-state index in [9.17, 15) is 0 Å². The average molecular weight is 1490 g/mol. The normalized spacial score (nSPS) is 11.8. The summed E-state index contributed by atoms with van der Waals surface area (Å²) in [7, 11) is 0. The van der Waals surface area contributed by atoms with E-state index in [4.69, 9.17) is 0 Å². The lowest BCUT2D eigenvalue weighted by atomic mass is 9.91. The molecule has 0 radical (unpaired) electrons. The first-order chi connectivity index (χ1) is 58.1. The Kier molecular flexibility index (Phi) is 15.9. The van der Waals surface area contributed by atoms with Crippen LogP contribution < -0.4 is 0 Å². The fourth-order valence-electron chi connectivity index (χ4n) is 19.1. The molecule has 4 heteroatoms. The highest BCUT2D eigenvalue weighted by molar-refractivity contribution is 6.29. The van der Waals surface area contributed by atoms with Crippen molar-refractivity contribution in [2.24, 2.45) is 0 Å². The van der Waals surface area contributed by atoms with Crippen molar-refractivity contribution in [3.05, 3.63) is 437 Å². The van der Waals surface area contributed by atoms with Gasteiger partial charge in [0.1, 0.15) is 0 Å². The zero-order valence-electron chi connectivity index (χ0n) is 63.9. The SMILES string of the molecule is c1ccc(-n2c3ccccc3c3cc(-c4cccc(-c5ccc6c7ccccc7c7ccccc7c6c5)c4)ccc32)cc1.c1ccc(-n2c3ccccc3c3ccc(-c4ccc5c6ccccc6c6ccccc6c5c4)cc32)cc1.c1ccc2c(c1)c1ccccc1c1cc(-c3ccc4c(c3)c3ccccc3n4-c3ccncc3)ccc21. The molecular weight excluding hydrogens is 1410 g/mol. The molecule has 25 aromatic rings. The molecule has 544 valence electrons. The summed E-state index contributed by atoms with van der Waals surface area (Å²) >= 11 is 0. The molecule has 0 aliphatic rings. The Labute approximate surface area is 675 Å². The fraction of sp³-hybridized carbons (Fsp3) is 0. The van der Waals surface area contributed by atoms with Gasteiger partial charge in [0.2, 0.25) is 0 Å². The number of fused-ring (bicyclic) bond motifs is 27. The van der Waals surface area contributed by atoms with E-state index in [2.05, 4.69) is 443 Å². The second kappa shape index (κ2) is 27.7. The molecule has 0 N–H and O–H groups in total. The van der Waals surface area contributed by atoms with Crippen LogP contribution in [-0.4, -0.2) is 18.7 Å². The third-order valence-corrected chi connectivity index (χ3v) is 24.4. The summed E-state index contributed by atoms with van der Waals surface area (Å²) in [6.07, 6.45) is 3.71. The number of pyridine rings is 1. The van der Waals surface area contributed by atoms with Gasteiger partial charge < -0.3 is 13.7 Å². The highest BCUT2D eigenvalue weighted by Gasteiger charge is 2.20. The molecule has 4 aromatic heterocycles. The maximum absolute atomic E-state index is 4.22. The second-order valence-corrected chi connectivity index (χ2v) is 30.8. The van der Waals surface area contributed by atoms with Crippen LogP contribution in [0.4, 0.5) is 0 Å². The Bertz CT molecular complexity index is 8200. The summed E-state index contributed by atoms with van der Waals surface area (Å²) in [4.78, 5) is 4.22. The molecule has 0 saturated carbocycles. The molecule has 0 saturated heterocycles. The van der Waals surface area contributed by atoms with Crippen LogP contribution in [0.15, 0.2) is 437 Å². The minimum absolute atomic E-state index is 1.12. The van der Waals surface area contributed by atoms with Crippen LogP contribution in [-0.2, 0) is 0 Å². The largest absolute Gasteiger partial charge is 0.309 e. The van der Waals surface area contributed by atoms with E-state index in [1.807, 2.05) is 12.4 Å². The van der Waals surface area contributed by atoms with Crippen molar-refractivity contribution in [1.82, 2.24) is 18.7 Å². The number of para-hydroxylation sites is 5. The minimum atomic E-state index is 1.12. The van der Waals surface area contributed by atoms with Gasteiger partial charge in [-0.05, 0) is 251 Å². The van der Waals surface area contributed by atoms with Crippen molar-refractivity contribution in [1.29, 1.82) is 0 Å². The molecule has 4 heterocycles. The van der Waals surface area contributed by atoms with E-state index in [0.717, 1.165) is 5.69 Å². The first-order valence-corrected chi connectivity index (χ1v) is 40.3. The summed E-state index contributed by atoms with van der Waals surface area (Å²) in [6, 6.07) is 155. The van der Waals surface area contributed by atoms with Crippen LogP contribution in [0.1, 0.15) is 0 Å². The van der Waals surface area contributed by atoms with E-state index >= 15 is 0 Å². The summed E-state index contributed by atoms with van der Waals surface area (Å²) in [5.41, 5.74) is 20.6. The smallest absolute Gasteiger partial charge is 0.0547 e. The maximum Gasteiger partial charge on any atom is 0.0547 e. The van der Waals surface area contributed by atoms with E-state index in [1.54, 1.807) is 0 Å². The first-order valence-electron chi connectivity index (χ1n) is 40.3. The van der Waals surface area contributed by atoms with Gasteiger partial charge in [-0.1, -0.05) is 315 Å². The van der Waals surface area contributed by atoms with Crippen LogP contribution in [0.2, 0.25) is 0 Å². The molecule has 0 amide bonds. The van der Waals surface area contributed by atoms with Crippen LogP contribution in [0.5, 0.6) is 0 Å². The molecule has 0 fully saturated rings. The molecule has 117 heavy (non-hydrogen) atoms.